The number of hydrogen-bond donors (Lipinski definition) is 4. The third-order valence-electron chi connectivity index (χ3n) is 10.6. The quantitative estimate of drug-likeness (QED) is 0.0471. The Bertz CT molecular complexity index is 2330. The first kappa shape index (κ1) is 46.7. The van der Waals surface area contributed by atoms with Crippen molar-refractivity contribution in [2.45, 2.75) is 79.4 Å². The Morgan fingerprint density at radius 3 is 2.00 bits per heavy atom. The lowest BCUT2D eigenvalue weighted by atomic mass is 9.76. The van der Waals surface area contributed by atoms with Crippen molar-refractivity contribution in [1.82, 2.24) is 0 Å². The minimum atomic E-state index is -4.58. The van der Waals surface area contributed by atoms with Gasteiger partial charge in [0.25, 0.3) is 30.4 Å². The molecule has 2 unspecified atom stereocenters. The van der Waals surface area contributed by atoms with Gasteiger partial charge in [0, 0.05) is 74.7 Å². The van der Waals surface area contributed by atoms with Crippen molar-refractivity contribution in [2.24, 2.45) is 0 Å². The molecular weight excluding hydrogens is 813 g/mol. The molecule has 0 radical (unpaired) electrons. The standard InChI is InChI=1S/C40H52N2O13S3/c1-39(21-13-27-56(45,46)47)32-28-30(57(48,49)50)17-19-34(32)41(23-12-8-11-16-38(43)44)36(39)14-9-6-5-7-10-15-37-40(2,22-25-54-3)33-29-31(58(51,52)53)18-20-35(33)42(37)24-26-55-4/h5-7,9-10,14-15,17-20,28-29H,8,11-13,16,21-27H2,1-4H3,(H3-,43,44,45,46,47,48,49,50,51,52,53)/p+1. The van der Waals surface area contributed by atoms with Gasteiger partial charge in [0.15, 0.2) is 5.71 Å². The van der Waals surface area contributed by atoms with E-state index in [4.69, 9.17) is 14.6 Å². The van der Waals surface area contributed by atoms with Gasteiger partial charge < -0.3 is 19.5 Å². The smallest absolute Gasteiger partial charge is 0.303 e. The highest BCUT2D eigenvalue weighted by Gasteiger charge is 2.48. The molecule has 0 fully saturated rings. The molecule has 18 heteroatoms. The third-order valence-corrected chi connectivity index (χ3v) is 13.1. The molecule has 318 valence electrons. The van der Waals surface area contributed by atoms with Gasteiger partial charge >= 0.3 is 5.97 Å². The first-order valence-electron chi connectivity index (χ1n) is 18.7. The zero-order valence-electron chi connectivity index (χ0n) is 33.1. The number of hydrogen-bond acceptors (Lipinski definition) is 10. The van der Waals surface area contributed by atoms with Gasteiger partial charge in [0.2, 0.25) is 5.69 Å². The van der Waals surface area contributed by atoms with E-state index in [9.17, 15) is 43.7 Å². The summed E-state index contributed by atoms with van der Waals surface area (Å²) in [5.74, 6) is -1.41. The molecule has 0 saturated carbocycles. The molecular formula is C40H53N2O13S3+. The van der Waals surface area contributed by atoms with E-state index in [0.717, 1.165) is 22.7 Å². The van der Waals surface area contributed by atoms with Crippen LogP contribution in [0.4, 0.5) is 11.4 Å². The van der Waals surface area contributed by atoms with Crippen molar-refractivity contribution in [3.05, 3.63) is 95.8 Å². The maximum Gasteiger partial charge on any atom is 0.303 e. The molecule has 0 spiro atoms. The number of fused-ring (bicyclic) bond motifs is 2. The van der Waals surface area contributed by atoms with Crippen LogP contribution in [0.3, 0.4) is 0 Å². The molecule has 2 aliphatic rings. The molecule has 0 aromatic heterocycles. The van der Waals surface area contributed by atoms with Crippen LogP contribution < -0.4 is 4.90 Å². The predicted octanol–water partition coefficient (Wildman–Crippen LogP) is 5.86. The van der Waals surface area contributed by atoms with Crippen LogP contribution >= 0.6 is 0 Å². The zero-order valence-corrected chi connectivity index (χ0v) is 35.5. The molecule has 15 nitrogen and oxygen atoms in total. The summed E-state index contributed by atoms with van der Waals surface area (Å²) in [5.41, 5.74) is 2.66. The summed E-state index contributed by atoms with van der Waals surface area (Å²) in [4.78, 5) is 12.6. The van der Waals surface area contributed by atoms with Gasteiger partial charge in [-0.15, -0.1) is 0 Å². The normalized spacial score (nSPS) is 20.7. The number of allylic oxidation sites excluding steroid dienone is 8. The molecule has 0 aliphatic carbocycles. The molecule has 2 aliphatic heterocycles. The van der Waals surface area contributed by atoms with Crippen molar-refractivity contribution < 1.29 is 62.9 Å². The number of carboxylic acid groups (broad SMARTS) is 1. The number of methoxy groups -OCH3 is 2. The topological polar surface area (TPSA) is 225 Å². The predicted molar refractivity (Wildman–Crippen MR) is 220 cm³/mol. The minimum absolute atomic E-state index is 0.0204. The van der Waals surface area contributed by atoms with Crippen LogP contribution in [0.2, 0.25) is 0 Å². The molecule has 0 bridgehead atoms. The Labute approximate surface area is 341 Å². The number of ether oxygens (including phenoxy) is 2. The van der Waals surface area contributed by atoms with Gasteiger partial charge in [0.05, 0.1) is 27.6 Å². The molecule has 4 rings (SSSR count). The van der Waals surface area contributed by atoms with Crippen molar-refractivity contribution in [1.29, 1.82) is 0 Å². The lowest BCUT2D eigenvalue weighted by Gasteiger charge is -2.30. The summed E-state index contributed by atoms with van der Waals surface area (Å²) < 4.78 is 114. The first-order chi connectivity index (χ1) is 27.2. The third kappa shape index (κ3) is 11.4. The molecule has 58 heavy (non-hydrogen) atoms. The Morgan fingerprint density at radius 1 is 0.759 bits per heavy atom. The molecule has 0 saturated heterocycles. The number of anilines is 1. The molecule has 2 atom stereocenters. The van der Waals surface area contributed by atoms with E-state index in [1.54, 1.807) is 44.6 Å². The van der Waals surface area contributed by atoms with E-state index in [1.165, 1.54) is 24.3 Å². The Hall–Kier alpha value is -4.01. The van der Waals surface area contributed by atoms with Crippen LogP contribution in [0.25, 0.3) is 0 Å². The molecule has 2 heterocycles. The Morgan fingerprint density at radius 2 is 1.38 bits per heavy atom. The first-order valence-corrected chi connectivity index (χ1v) is 23.2. The van der Waals surface area contributed by atoms with Gasteiger partial charge in [-0.25, -0.2) is 0 Å². The number of aliphatic carboxylic acids is 1. The lowest BCUT2D eigenvalue weighted by Crippen LogP contribution is -2.32. The largest absolute Gasteiger partial charge is 0.481 e. The number of carboxylic acids is 1. The monoisotopic (exact) mass is 865 g/mol. The summed E-state index contributed by atoms with van der Waals surface area (Å²) in [5, 5.41) is 9.09. The molecule has 4 N–H and O–H groups in total. The van der Waals surface area contributed by atoms with Gasteiger partial charge in [-0.05, 0) is 87.9 Å². The summed E-state index contributed by atoms with van der Waals surface area (Å²) in [7, 11) is -10.1. The van der Waals surface area contributed by atoms with Crippen molar-refractivity contribution in [3.8, 4) is 0 Å². The summed E-state index contributed by atoms with van der Waals surface area (Å²) in [6.07, 6.45) is 15.3. The van der Waals surface area contributed by atoms with Gasteiger partial charge in [-0.2, -0.15) is 29.8 Å². The SMILES string of the molecule is COCCN1/C(=C/C=C/C=C/C=C/C2=[N+](CCCCCC(=O)O)c3ccc(S(=O)(=O)O)cc3C2(C)CCCS(=O)(=O)O)C(C)(CCOC)c2cc(S(=O)(=O)O)ccc21. The Kier molecular flexibility index (Phi) is 15.6. The van der Waals surface area contributed by atoms with E-state index in [1.807, 2.05) is 42.7 Å². The van der Waals surface area contributed by atoms with Crippen LogP contribution in [-0.4, -0.2) is 107 Å². The van der Waals surface area contributed by atoms with Crippen molar-refractivity contribution in [3.63, 3.8) is 0 Å². The summed E-state index contributed by atoms with van der Waals surface area (Å²) in [6, 6.07) is 8.80. The van der Waals surface area contributed by atoms with Crippen LogP contribution in [0.1, 0.15) is 69.9 Å². The van der Waals surface area contributed by atoms with E-state index in [-0.39, 0.29) is 29.1 Å². The van der Waals surface area contributed by atoms with Crippen LogP contribution in [0.15, 0.2) is 94.4 Å². The molecule has 2 aromatic carbocycles. The number of carbonyl (C=O) groups is 1. The van der Waals surface area contributed by atoms with E-state index < -0.39 is 52.9 Å². The van der Waals surface area contributed by atoms with Gasteiger partial charge in [0.1, 0.15) is 6.54 Å². The van der Waals surface area contributed by atoms with Crippen LogP contribution in [0.5, 0.6) is 0 Å². The fourth-order valence-electron chi connectivity index (χ4n) is 7.70. The highest BCUT2D eigenvalue weighted by molar-refractivity contribution is 7.86. The average molecular weight is 866 g/mol. The summed E-state index contributed by atoms with van der Waals surface area (Å²) >= 11 is 0. The van der Waals surface area contributed by atoms with E-state index in [2.05, 4.69) is 4.90 Å². The van der Waals surface area contributed by atoms with Crippen molar-refractivity contribution >= 4 is 53.4 Å². The zero-order chi connectivity index (χ0) is 42.9. The van der Waals surface area contributed by atoms with Crippen molar-refractivity contribution in [2.75, 3.05) is 51.2 Å². The molecule has 2 aromatic rings. The van der Waals surface area contributed by atoms with Gasteiger partial charge in [-0.3, -0.25) is 18.5 Å². The highest BCUT2D eigenvalue weighted by atomic mass is 32.2. The fraction of sp³-hybridized carbons (Fsp3) is 0.450. The fourth-order valence-corrected chi connectivity index (χ4v) is 9.22. The second-order valence-electron chi connectivity index (χ2n) is 14.7. The second-order valence-corrected chi connectivity index (χ2v) is 19.1. The van der Waals surface area contributed by atoms with E-state index >= 15 is 0 Å². The van der Waals surface area contributed by atoms with Crippen LogP contribution in [0, 0.1) is 0 Å². The average Bonchev–Trinajstić information content (AvgIpc) is 3.50. The van der Waals surface area contributed by atoms with Gasteiger partial charge in [-0.1, -0.05) is 30.4 Å². The number of nitrogens with zero attached hydrogens (tertiary/aromatic N) is 2. The number of benzene rings is 2. The number of unbranched alkanes of at least 4 members (excludes halogenated alkanes) is 2. The molecule has 0 amide bonds. The second kappa shape index (κ2) is 19.4. The summed E-state index contributed by atoms with van der Waals surface area (Å²) in [6.45, 7) is 5.52. The van der Waals surface area contributed by atoms with Crippen LogP contribution in [-0.2, 0) is 55.5 Å². The highest BCUT2D eigenvalue weighted by Crippen LogP contribution is 2.50. The Balaban J connectivity index is 1.71. The minimum Gasteiger partial charge on any atom is -0.481 e. The maximum absolute atomic E-state index is 12.2. The van der Waals surface area contributed by atoms with E-state index in [0.29, 0.717) is 63.2 Å². The lowest BCUT2D eigenvalue weighted by molar-refractivity contribution is -0.438. The maximum atomic E-state index is 12.2. The number of rotatable bonds is 22.